The number of aromatic nitrogens is 2. The van der Waals surface area contributed by atoms with Crippen LogP contribution in [0, 0.1) is 11.6 Å². The van der Waals surface area contributed by atoms with Gasteiger partial charge in [-0.25, -0.2) is 13.5 Å². The number of nitrogens with two attached hydrogens (primary N) is 1. The van der Waals surface area contributed by atoms with E-state index in [1.807, 2.05) is 0 Å². The van der Waals surface area contributed by atoms with Gasteiger partial charge in [0, 0.05) is 11.6 Å². The molecule has 1 aromatic heterocycles. The fraction of sp³-hybridized carbons (Fsp3) is 0.158. The van der Waals surface area contributed by atoms with Gasteiger partial charge in [0.25, 0.3) is 0 Å². The molecule has 1 saturated heterocycles. The van der Waals surface area contributed by atoms with E-state index in [1.165, 1.54) is 12.3 Å². The van der Waals surface area contributed by atoms with Crippen molar-refractivity contribution in [2.24, 2.45) is 0 Å². The summed E-state index contributed by atoms with van der Waals surface area (Å²) in [4.78, 5) is 12.8. The minimum Gasteiger partial charge on any atom is -0.491 e. The lowest BCUT2D eigenvalue weighted by molar-refractivity contribution is 0.103. The zero-order valence-corrected chi connectivity index (χ0v) is 14.1. The third-order valence-electron chi connectivity index (χ3n) is 4.12. The Labute approximate surface area is 153 Å². The van der Waals surface area contributed by atoms with Gasteiger partial charge in [-0.05, 0) is 24.3 Å². The van der Waals surface area contributed by atoms with Crippen molar-refractivity contribution >= 4 is 11.6 Å². The average molecular weight is 371 g/mol. The number of anilines is 1. The Hall–Kier alpha value is -3.26. The number of hydrogen-bond acceptors (Lipinski definition) is 5. The van der Waals surface area contributed by atoms with Gasteiger partial charge in [-0.1, -0.05) is 12.1 Å². The lowest BCUT2D eigenvalue weighted by atomic mass is 10.1. The predicted molar refractivity (Wildman–Crippen MR) is 93.0 cm³/mol. The molecule has 0 bridgehead atoms. The molecule has 6 nitrogen and oxygen atoms in total. The van der Waals surface area contributed by atoms with Crippen molar-refractivity contribution in [3.05, 3.63) is 71.4 Å². The molecule has 0 aliphatic carbocycles. The second-order valence-corrected chi connectivity index (χ2v) is 6.07. The number of hydrogen-bond donors (Lipinski definition) is 1. The molecule has 1 fully saturated rings. The second-order valence-electron chi connectivity index (χ2n) is 6.07. The van der Waals surface area contributed by atoms with Crippen LogP contribution in [0.1, 0.15) is 15.9 Å². The zero-order chi connectivity index (χ0) is 19.0. The molecule has 1 unspecified atom stereocenters. The van der Waals surface area contributed by atoms with Gasteiger partial charge in [-0.2, -0.15) is 5.10 Å². The number of carbonyl (C=O) groups excluding carboxylic acids is 1. The Kier molecular flexibility index (Phi) is 4.33. The molecule has 2 aromatic carbocycles. The number of halogens is 2. The van der Waals surface area contributed by atoms with Gasteiger partial charge in [0.2, 0.25) is 0 Å². The molecule has 0 spiro atoms. The fourth-order valence-corrected chi connectivity index (χ4v) is 2.61. The van der Waals surface area contributed by atoms with Gasteiger partial charge < -0.3 is 15.2 Å². The highest BCUT2D eigenvalue weighted by atomic mass is 19.1. The molecule has 4 rings (SSSR count). The number of ketones is 1. The standard InChI is InChI=1S/C19H15F2N3O3/c20-12-4-5-17(16(21)7-12)24-19(22)15(8-23-24)18(25)11-2-1-3-13(6-11)26-9-14-10-27-14/h1-8,14H,9-10,22H2. The Morgan fingerprint density at radius 1 is 1.30 bits per heavy atom. The summed E-state index contributed by atoms with van der Waals surface area (Å²) in [5.41, 5.74) is 6.42. The summed E-state index contributed by atoms with van der Waals surface area (Å²) in [5, 5.41) is 3.97. The van der Waals surface area contributed by atoms with Crippen LogP contribution in [0.25, 0.3) is 5.69 Å². The first-order valence-electron chi connectivity index (χ1n) is 8.21. The van der Waals surface area contributed by atoms with E-state index in [-0.39, 0.29) is 29.0 Å². The number of carbonyl (C=O) groups is 1. The van der Waals surface area contributed by atoms with Gasteiger partial charge >= 0.3 is 0 Å². The van der Waals surface area contributed by atoms with Crippen LogP contribution in [-0.2, 0) is 4.74 Å². The molecular weight excluding hydrogens is 356 g/mol. The predicted octanol–water partition coefficient (Wildman–Crippen LogP) is 2.74. The number of epoxide rings is 1. The van der Waals surface area contributed by atoms with E-state index in [1.54, 1.807) is 24.3 Å². The Morgan fingerprint density at radius 3 is 2.85 bits per heavy atom. The van der Waals surface area contributed by atoms with E-state index in [0.717, 1.165) is 16.8 Å². The van der Waals surface area contributed by atoms with Gasteiger partial charge in [0.15, 0.2) is 11.6 Å². The molecule has 138 valence electrons. The number of ether oxygens (including phenoxy) is 2. The SMILES string of the molecule is Nc1c(C(=O)c2cccc(OCC3CO3)c2)cnn1-c1ccc(F)cc1F. The minimum absolute atomic E-state index is 0.0387. The third kappa shape index (κ3) is 3.52. The van der Waals surface area contributed by atoms with Crippen LogP contribution in [-0.4, -0.2) is 34.9 Å². The molecule has 1 atom stereocenters. The maximum Gasteiger partial charge on any atom is 0.198 e. The molecule has 8 heteroatoms. The summed E-state index contributed by atoms with van der Waals surface area (Å²) in [5.74, 6) is -1.43. The van der Waals surface area contributed by atoms with Crippen LogP contribution in [0.15, 0.2) is 48.7 Å². The second kappa shape index (κ2) is 6.81. The molecule has 2 heterocycles. The van der Waals surface area contributed by atoms with Gasteiger partial charge in [0.05, 0.1) is 18.4 Å². The lowest BCUT2D eigenvalue weighted by Gasteiger charge is -2.08. The monoisotopic (exact) mass is 371 g/mol. The molecule has 0 saturated carbocycles. The Bertz CT molecular complexity index is 1020. The lowest BCUT2D eigenvalue weighted by Crippen LogP contribution is -2.09. The maximum absolute atomic E-state index is 14.0. The molecule has 1 aliphatic rings. The van der Waals surface area contributed by atoms with E-state index in [9.17, 15) is 13.6 Å². The first-order valence-corrected chi connectivity index (χ1v) is 8.21. The first-order chi connectivity index (χ1) is 13.0. The van der Waals surface area contributed by atoms with Crippen LogP contribution in [0.3, 0.4) is 0 Å². The van der Waals surface area contributed by atoms with Gasteiger partial charge in [-0.15, -0.1) is 0 Å². The van der Waals surface area contributed by atoms with Crippen molar-refractivity contribution in [3.63, 3.8) is 0 Å². The van der Waals surface area contributed by atoms with Crippen LogP contribution in [0.5, 0.6) is 5.75 Å². The van der Waals surface area contributed by atoms with Crippen molar-refractivity contribution < 1.29 is 23.0 Å². The van der Waals surface area contributed by atoms with Gasteiger partial charge in [0.1, 0.15) is 35.8 Å². The smallest absolute Gasteiger partial charge is 0.198 e. The molecular formula is C19H15F2N3O3. The summed E-state index contributed by atoms with van der Waals surface area (Å²) in [6.07, 6.45) is 1.36. The normalized spacial score (nSPS) is 15.6. The summed E-state index contributed by atoms with van der Waals surface area (Å²) < 4.78 is 38.8. The number of nitrogen functional groups attached to an aromatic ring is 1. The molecule has 3 aromatic rings. The first kappa shape index (κ1) is 17.2. The molecule has 27 heavy (non-hydrogen) atoms. The topological polar surface area (TPSA) is 82.7 Å². The molecule has 0 amide bonds. The van der Waals surface area contributed by atoms with Gasteiger partial charge in [-0.3, -0.25) is 4.79 Å². The van der Waals surface area contributed by atoms with E-state index >= 15 is 0 Å². The average Bonchev–Trinajstić information content (AvgIpc) is 3.42. The van der Waals surface area contributed by atoms with Crippen LogP contribution >= 0.6 is 0 Å². The van der Waals surface area contributed by atoms with Crippen LogP contribution in [0.2, 0.25) is 0 Å². The van der Waals surface area contributed by atoms with Crippen LogP contribution in [0.4, 0.5) is 14.6 Å². The summed E-state index contributed by atoms with van der Waals surface area (Å²) >= 11 is 0. The van der Waals surface area contributed by atoms with Crippen molar-refractivity contribution in [2.75, 3.05) is 18.9 Å². The highest BCUT2D eigenvalue weighted by molar-refractivity contribution is 6.11. The third-order valence-corrected chi connectivity index (χ3v) is 4.12. The highest BCUT2D eigenvalue weighted by Gasteiger charge is 2.23. The molecule has 1 aliphatic heterocycles. The number of benzene rings is 2. The van der Waals surface area contributed by atoms with Crippen LogP contribution < -0.4 is 10.5 Å². The quantitative estimate of drug-likeness (QED) is 0.532. The van der Waals surface area contributed by atoms with E-state index in [2.05, 4.69) is 5.10 Å². The minimum atomic E-state index is -0.832. The highest BCUT2D eigenvalue weighted by Crippen LogP contribution is 2.24. The van der Waals surface area contributed by atoms with Crippen molar-refractivity contribution in [1.29, 1.82) is 0 Å². The fourth-order valence-electron chi connectivity index (χ4n) is 2.61. The van der Waals surface area contributed by atoms with Crippen molar-refractivity contribution in [3.8, 4) is 11.4 Å². The Morgan fingerprint density at radius 2 is 2.11 bits per heavy atom. The number of nitrogens with zero attached hydrogens (tertiary/aromatic N) is 2. The molecule has 2 N–H and O–H groups in total. The summed E-state index contributed by atoms with van der Waals surface area (Å²) in [7, 11) is 0. The maximum atomic E-state index is 14.0. The van der Waals surface area contributed by atoms with E-state index < -0.39 is 11.6 Å². The summed E-state index contributed by atoms with van der Waals surface area (Å²) in [6, 6.07) is 9.67. The Balaban J connectivity index is 1.61. The molecule has 0 radical (unpaired) electrons. The van der Waals surface area contributed by atoms with Crippen molar-refractivity contribution in [2.45, 2.75) is 6.10 Å². The van der Waals surface area contributed by atoms with E-state index in [4.69, 9.17) is 15.2 Å². The zero-order valence-electron chi connectivity index (χ0n) is 14.1. The largest absolute Gasteiger partial charge is 0.491 e. The van der Waals surface area contributed by atoms with E-state index in [0.29, 0.717) is 24.5 Å². The number of rotatable bonds is 6. The van der Waals surface area contributed by atoms with Crippen molar-refractivity contribution in [1.82, 2.24) is 9.78 Å². The summed E-state index contributed by atoms with van der Waals surface area (Å²) in [6.45, 7) is 1.09.